The zero-order valence-electron chi connectivity index (χ0n) is 15.6. The third-order valence-electron chi connectivity index (χ3n) is 5.10. The maximum Gasteiger partial charge on any atom is 0.259 e. The Labute approximate surface area is 166 Å². The molecular formula is C21H22N2O4S. The normalized spacial score (nSPS) is 21.0. The van der Waals surface area contributed by atoms with Gasteiger partial charge in [0.2, 0.25) is 0 Å². The molecule has 4 rings (SSSR count). The van der Waals surface area contributed by atoms with E-state index in [0.29, 0.717) is 39.7 Å². The van der Waals surface area contributed by atoms with Crippen LogP contribution in [0.25, 0.3) is 0 Å². The van der Waals surface area contributed by atoms with E-state index in [1.54, 1.807) is 47.4 Å². The van der Waals surface area contributed by atoms with Crippen molar-refractivity contribution < 1.29 is 18.5 Å². The van der Waals surface area contributed by atoms with E-state index in [-0.39, 0.29) is 17.9 Å². The van der Waals surface area contributed by atoms with Crippen LogP contribution in [0, 0.1) is 0 Å². The number of benzene rings is 2. The van der Waals surface area contributed by atoms with E-state index in [1.807, 2.05) is 6.92 Å². The van der Waals surface area contributed by atoms with E-state index >= 15 is 0 Å². The first kappa shape index (κ1) is 18.8. The fourth-order valence-electron chi connectivity index (χ4n) is 3.63. The number of amides is 2. The van der Waals surface area contributed by atoms with Crippen molar-refractivity contribution in [3.63, 3.8) is 0 Å². The van der Waals surface area contributed by atoms with E-state index in [9.17, 15) is 13.8 Å². The van der Waals surface area contributed by atoms with Gasteiger partial charge in [0.05, 0.1) is 37.9 Å². The molecule has 2 aliphatic heterocycles. The topological polar surface area (TPSA) is 75.7 Å². The van der Waals surface area contributed by atoms with Gasteiger partial charge in [-0.15, -0.1) is 0 Å². The minimum Gasteiger partial charge on any atom is -0.376 e. The first-order chi connectivity index (χ1) is 13.6. The number of nitrogens with zero attached hydrogens (tertiary/aromatic N) is 1. The third-order valence-corrected chi connectivity index (χ3v) is 6.60. The van der Waals surface area contributed by atoms with Gasteiger partial charge in [-0.1, -0.05) is 12.1 Å². The maximum atomic E-state index is 13.1. The first-order valence-electron chi connectivity index (χ1n) is 9.46. The van der Waals surface area contributed by atoms with Crippen LogP contribution in [0.5, 0.6) is 0 Å². The van der Waals surface area contributed by atoms with E-state index in [4.69, 9.17) is 4.74 Å². The van der Waals surface area contributed by atoms with E-state index in [1.165, 1.54) is 0 Å². The van der Waals surface area contributed by atoms with Crippen LogP contribution in [0.1, 0.15) is 40.5 Å². The molecular weight excluding hydrogens is 376 g/mol. The average molecular weight is 398 g/mol. The first-order valence-corrected chi connectivity index (χ1v) is 10.6. The van der Waals surface area contributed by atoms with Gasteiger partial charge in [-0.05, 0) is 50.1 Å². The van der Waals surface area contributed by atoms with Crippen molar-refractivity contribution in [3.05, 3.63) is 53.6 Å². The van der Waals surface area contributed by atoms with Crippen LogP contribution < -0.4 is 10.2 Å². The Morgan fingerprint density at radius 3 is 2.82 bits per heavy atom. The standard InChI is InChI=1S/C21H22N2O4S/c1-2-23-17-12-14(20(24)22-13-15-6-5-11-27-15)9-10-19(17)28(26)18-8-4-3-7-16(18)21(23)25/h3-4,7-10,12,15H,2,5-6,11,13H2,1H3,(H,22,24)/t15-,28+/m0/s1. The molecule has 2 aromatic carbocycles. The Morgan fingerprint density at radius 2 is 2.07 bits per heavy atom. The zero-order chi connectivity index (χ0) is 19.7. The Kier molecular flexibility index (Phi) is 5.28. The van der Waals surface area contributed by atoms with Gasteiger partial charge in [0.1, 0.15) is 0 Å². The summed E-state index contributed by atoms with van der Waals surface area (Å²) in [6, 6.07) is 12.0. The van der Waals surface area contributed by atoms with E-state index < -0.39 is 10.8 Å². The molecule has 7 heteroatoms. The second-order valence-corrected chi connectivity index (χ2v) is 8.26. The smallest absolute Gasteiger partial charge is 0.259 e. The molecule has 2 aliphatic rings. The lowest BCUT2D eigenvalue weighted by atomic mass is 10.1. The fourth-order valence-corrected chi connectivity index (χ4v) is 4.98. The Bertz CT molecular complexity index is 953. The molecule has 6 nitrogen and oxygen atoms in total. The molecule has 0 spiro atoms. The van der Waals surface area contributed by atoms with Crippen LogP contribution in [-0.4, -0.2) is 41.8 Å². The number of ether oxygens (including phenoxy) is 1. The fraction of sp³-hybridized carbons (Fsp3) is 0.333. The third kappa shape index (κ3) is 3.36. The lowest BCUT2D eigenvalue weighted by Crippen LogP contribution is -2.33. The summed E-state index contributed by atoms with van der Waals surface area (Å²) in [5.74, 6) is -0.434. The molecule has 2 aromatic rings. The monoisotopic (exact) mass is 398 g/mol. The summed E-state index contributed by atoms with van der Waals surface area (Å²) in [4.78, 5) is 28.3. The second kappa shape index (κ2) is 7.85. The molecule has 1 N–H and O–H groups in total. The van der Waals surface area contributed by atoms with Crippen LogP contribution in [-0.2, 0) is 15.5 Å². The quantitative estimate of drug-likeness (QED) is 0.859. The van der Waals surface area contributed by atoms with Gasteiger partial charge in [-0.25, -0.2) is 4.21 Å². The van der Waals surface area contributed by atoms with Gasteiger partial charge >= 0.3 is 0 Å². The number of carbonyl (C=O) groups excluding carboxylic acids is 2. The minimum absolute atomic E-state index is 0.0560. The highest BCUT2D eigenvalue weighted by Gasteiger charge is 2.30. The molecule has 0 radical (unpaired) electrons. The number of rotatable bonds is 4. The largest absolute Gasteiger partial charge is 0.376 e. The minimum atomic E-state index is -1.49. The summed E-state index contributed by atoms with van der Waals surface area (Å²) < 4.78 is 18.7. The molecule has 146 valence electrons. The Hall–Kier alpha value is -2.51. The van der Waals surface area contributed by atoms with Crippen molar-refractivity contribution in [2.24, 2.45) is 0 Å². The van der Waals surface area contributed by atoms with Crippen molar-refractivity contribution in [3.8, 4) is 0 Å². The van der Waals surface area contributed by atoms with E-state index in [0.717, 1.165) is 19.4 Å². The number of anilines is 1. The summed E-state index contributed by atoms with van der Waals surface area (Å²) in [5.41, 5.74) is 1.39. The molecule has 2 atom stereocenters. The van der Waals surface area contributed by atoms with Crippen molar-refractivity contribution in [1.29, 1.82) is 0 Å². The lowest BCUT2D eigenvalue weighted by Gasteiger charge is -2.21. The molecule has 0 aliphatic carbocycles. The number of carbonyl (C=O) groups is 2. The highest BCUT2D eigenvalue weighted by Crippen LogP contribution is 2.35. The molecule has 0 bridgehead atoms. The number of hydrogen-bond acceptors (Lipinski definition) is 4. The van der Waals surface area contributed by atoms with Gasteiger partial charge in [-0.2, -0.15) is 0 Å². The number of nitrogens with one attached hydrogen (secondary N) is 1. The summed E-state index contributed by atoms with van der Waals surface area (Å²) in [6.45, 7) is 3.48. The summed E-state index contributed by atoms with van der Waals surface area (Å²) >= 11 is 0. The Balaban J connectivity index is 1.67. The number of fused-ring (bicyclic) bond motifs is 2. The molecule has 2 heterocycles. The van der Waals surface area contributed by atoms with Crippen LogP contribution in [0.4, 0.5) is 5.69 Å². The highest BCUT2D eigenvalue weighted by atomic mass is 32.2. The second-order valence-electron chi connectivity index (χ2n) is 6.84. The summed E-state index contributed by atoms with van der Waals surface area (Å²) in [6.07, 6.45) is 2.01. The predicted molar refractivity (Wildman–Crippen MR) is 106 cm³/mol. The molecule has 28 heavy (non-hydrogen) atoms. The molecule has 2 amide bonds. The highest BCUT2D eigenvalue weighted by molar-refractivity contribution is 7.85. The van der Waals surface area contributed by atoms with Crippen LogP contribution in [0.15, 0.2) is 52.3 Å². The lowest BCUT2D eigenvalue weighted by molar-refractivity contribution is 0.0857. The molecule has 0 unspecified atom stereocenters. The van der Waals surface area contributed by atoms with Crippen molar-refractivity contribution in [2.45, 2.75) is 35.7 Å². The predicted octanol–water partition coefficient (Wildman–Crippen LogP) is 2.74. The molecule has 0 aromatic heterocycles. The van der Waals surface area contributed by atoms with Gasteiger partial charge in [-0.3, -0.25) is 9.59 Å². The van der Waals surface area contributed by atoms with Crippen molar-refractivity contribution in [2.75, 3.05) is 24.6 Å². The average Bonchev–Trinajstić information content (AvgIpc) is 3.23. The van der Waals surface area contributed by atoms with Gasteiger partial charge in [0.15, 0.2) is 0 Å². The van der Waals surface area contributed by atoms with Crippen LogP contribution >= 0.6 is 0 Å². The number of hydrogen-bond donors (Lipinski definition) is 1. The van der Waals surface area contributed by atoms with Crippen LogP contribution in [0.3, 0.4) is 0 Å². The summed E-state index contributed by atoms with van der Waals surface area (Å²) in [7, 11) is -1.49. The molecule has 1 fully saturated rings. The summed E-state index contributed by atoms with van der Waals surface area (Å²) in [5, 5.41) is 2.89. The van der Waals surface area contributed by atoms with Crippen LogP contribution in [0.2, 0.25) is 0 Å². The van der Waals surface area contributed by atoms with Gasteiger partial charge < -0.3 is 15.0 Å². The van der Waals surface area contributed by atoms with E-state index in [2.05, 4.69) is 5.32 Å². The van der Waals surface area contributed by atoms with Gasteiger partial charge in [0.25, 0.3) is 11.8 Å². The van der Waals surface area contributed by atoms with Crippen molar-refractivity contribution in [1.82, 2.24) is 5.32 Å². The SMILES string of the molecule is CCN1C(=O)c2ccccc2[S@@](=O)c2ccc(C(=O)NC[C@@H]3CCCO3)cc21. The Morgan fingerprint density at radius 1 is 1.25 bits per heavy atom. The zero-order valence-corrected chi connectivity index (χ0v) is 16.5. The molecule has 1 saturated heterocycles. The van der Waals surface area contributed by atoms with Gasteiger partial charge in [0, 0.05) is 25.3 Å². The maximum absolute atomic E-state index is 13.1. The van der Waals surface area contributed by atoms with Crippen molar-refractivity contribution >= 4 is 28.3 Å². The molecule has 0 saturated carbocycles.